The van der Waals surface area contributed by atoms with Crippen molar-refractivity contribution in [2.45, 2.75) is 12.8 Å². The smallest absolute Gasteiger partial charge is 0.265 e. The second-order valence-electron chi connectivity index (χ2n) is 6.36. The number of anilines is 1. The quantitative estimate of drug-likeness (QED) is 0.840. The second kappa shape index (κ2) is 6.39. The van der Waals surface area contributed by atoms with Crippen molar-refractivity contribution in [2.75, 3.05) is 10.8 Å². The number of nitrogens with zero attached hydrogens (tertiary/aromatic N) is 2. The molecule has 0 bridgehead atoms. The number of nitrogens with two attached hydrogens (primary N) is 1. The molecule has 2 aromatic rings. The molecule has 0 spiro atoms. The number of hydrogen-bond acceptors (Lipinski definition) is 5. The molecular formula is C20H16FN3O3S. The van der Waals surface area contributed by atoms with Crippen molar-refractivity contribution >= 4 is 21.5 Å². The van der Waals surface area contributed by atoms with Gasteiger partial charge in [-0.25, -0.2) is 12.8 Å². The Kier molecular flexibility index (Phi) is 4.12. The Labute approximate surface area is 162 Å². The summed E-state index contributed by atoms with van der Waals surface area (Å²) in [5.41, 5.74) is 7.24. The average molecular weight is 397 g/mol. The molecule has 0 aliphatic carbocycles. The summed E-state index contributed by atoms with van der Waals surface area (Å²) in [4.78, 5) is -0.107. The molecule has 2 heterocycles. The molecule has 0 aromatic heterocycles. The van der Waals surface area contributed by atoms with Crippen LogP contribution in [0.2, 0.25) is 0 Å². The van der Waals surface area contributed by atoms with E-state index in [1.165, 1.54) is 22.5 Å². The number of benzene rings is 2. The topological polar surface area (TPSA) is 96.4 Å². The predicted octanol–water partition coefficient (Wildman–Crippen LogP) is 3.17. The van der Waals surface area contributed by atoms with Gasteiger partial charge in [0.25, 0.3) is 10.0 Å². The van der Waals surface area contributed by atoms with Crippen molar-refractivity contribution in [3.05, 3.63) is 81.8 Å². The number of sulfonamides is 1. The first-order valence-electron chi connectivity index (χ1n) is 8.59. The van der Waals surface area contributed by atoms with E-state index in [1.807, 2.05) is 6.07 Å². The van der Waals surface area contributed by atoms with E-state index in [0.29, 0.717) is 16.8 Å². The van der Waals surface area contributed by atoms with Crippen molar-refractivity contribution in [2.24, 2.45) is 5.73 Å². The van der Waals surface area contributed by atoms with Gasteiger partial charge in [-0.2, -0.15) is 5.26 Å². The van der Waals surface area contributed by atoms with Crippen molar-refractivity contribution < 1.29 is 17.5 Å². The molecule has 1 atom stereocenters. The van der Waals surface area contributed by atoms with Gasteiger partial charge in [0.15, 0.2) is 5.76 Å². The van der Waals surface area contributed by atoms with E-state index >= 15 is 0 Å². The summed E-state index contributed by atoms with van der Waals surface area (Å²) in [7, 11) is -4.04. The van der Waals surface area contributed by atoms with E-state index in [-0.39, 0.29) is 28.7 Å². The lowest BCUT2D eigenvalue weighted by Gasteiger charge is -2.37. The Morgan fingerprint density at radius 1 is 1.25 bits per heavy atom. The first-order chi connectivity index (χ1) is 13.4. The molecule has 0 unspecified atom stereocenters. The van der Waals surface area contributed by atoms with Crippen LogP contribution in [0.5, 0.6) is 0 Å². The van der Waals surface area contributed by atoms with Crippen LogP contribution >= 0.6 is 0 Å². The largest absolute Gasteiger partial charge is 0.439 e. The molecule has 6 nitrogen and oxygen atoms in total. The van der Waals surface area contributed by atoms with Crippen LogP contribution in [-0.2, 0) is 14.8 Å². The van der Waals surface area contributed by atoms with E-state index in [1.54, 1.807) is 37.3 Å². The maximum Gasteiger partial charge on any atom is 0.265 e. The van der Waals surface area contributed by atoms with Gasteiger partial charge >= 0.3 is 0 Å². The summed E-state index contributed by atoms with van der Waals surface area (Å²) in [6.45, 7) is 1.91. The number of hydrogen-bond donors (Lipinski definition) is 1. The lowest BCUT2D eigenvalue weighted by Crippen LogP contribution is -2.39. The Balaban J connectivity index is 2.09. The van der Waals surface area contributed by atoms with Gasteiger partial charge in [-0.05, 0) is 36.8 Å². The average Bonchev–Trinajstić information content (AvgIpc) is 2.67. The van der Waals surface area contributed by atoms with Gasteiger partial charge in [0.1, 0.15) is 22.4 Å². The Morgan fingerprint density at radius 2 is 2.00 bits per heavy atom. The lowest BCUT2D eigenvalue weighted by molar-refractivity contribution is 0.357. The normalized spacial score (nSPS) is 20.2. The zero-order valence-electron chi connectivity index (χ0n) is 14.9. The fraction of sp³-hybridized carbons (Fsp3) is 0.150. The number of nitriles is 1. The zero-order valence-corrected chi connectivity index (χ0v) is 15.7. The number of ether oxygens (including phenoxy) is 1. The Bertz CT molecular complexity index is 1200. The molecule has 2 aromatic carbocycles. The molecule has 0 saturated heterocycles. The van der Waals surface area contributed by atoms with E-state index in [4.69, 9.17) is 10.5 Å². The summed E-state index contributed by atoms with van der Waals surface area (Å²) in [6.07, 6.45) is 0. The highest BCUT2D eigenvalue weighted by atomic mass is 32.2. The Hall–Kier alpha value is -3.31. The molecule has 4 rings (SSSR count). The minimum atomic E-state index is -4.04. The fourth-order valence-corrected chi connectivity index (χ4v) is 5.60. The van der Waals surface area contributed by atoms with Crippen molar-refractivity contribution in [1.29, 1.82) is 5.26 Å². The molecule has 2 aliphatic rings. The minimum Gasteiger partial charge on any atom is -0.439 e. The van der Waals surface area contributed by atoms with Crippen LogP contribution in [0.1, 0.15) is 24.0 Å². The van der Waals surface area contributed by atoms with Crippen molar-refractivity contribution in [1.82, 2.24) is 0 Å². The van der Waals surface area contributed by atoms with Crippen LogP contribution in [0.15, 0.2) is 64.9 Å². The van der Waals surface area contributed by atoms with Crippen molar-refractivity contribution in [3.8, 4) is 6.07 Å². The van der Waals surface area contributed by atoms with Crippen LogP contribution in [0.25, 0.3) is 5.76 Å². The monoisotopic (exact) mass is 397 g/mol. The van der Waals surface area contributed by atoms with Gasteiger partial charge in [-0.3, -0.25) is 4.31 Å². The van der Waals surface area contributed by atoms with Gasteiger partial charge < -0.3 is 10.5 Å². The number of fused-ring (bicyclic) bond motifs is 2. The standard InChI is InChI=1S/C20H16FN3O3S/c1-2-24-16-9-4-3-8-14(16)18-19(28(24,25)26)17(15(11-22)20(23)27-18)12-6-5-7-13(21)10-12/h3-10,17H,2,23H2,1H3/t17-/m1/s1. The SMILES string of the molecule is CCN1c2ccccc2C2=C([C@H](c3cccc(F)c3)C(C#N)=C(N)O2)S1(=O)=O. The Morgan fingerprint density at radius 3 is 2.68 bits per heavy atom. The third-order valence-corrected chi connectivity index (χ3v) is 6.84. The number of para-hydroxylation sites is 1. The van der Waals surface area contributed by atoms with Crippen LogP contribution < -0.4 is 10.0 Å². The summed E-state index contributed by atoms with van der Waals surface area (Å²) >= 11 is 0. The highest BCUT2D eigenvalue weighted by Crippen LogP contribution is 2.50. The highest BCUT2D eigenvalue weighted by Gasteiger charge is 2.46. The molecule has 2 aliphatic heterocycles. The number of halogens is 1. The molecule has 0 amide bonds. The van der Waals surface area contributed by atoms with Gasteiger partial charge in [0.2, 0.25) is 5.88 Å². The second-order valence-corrected chi connectivity index (χ2v) is 8.19. The third-order valence-electron chi connectivity index (χ3n) is 4.83. The van der Waals surface area contributed by atoms with Gasteiger partial charge in [0, 0.05) is 12.1 Å². The van der Waals surface area contributed by atoms with E-state index in [9.17, 15) is 18.1 Å². The van der Waals surface area contributed by atoms with Gasteiger partial charge in [0.05, 0.1) is 11.6 Å². The zero-order chi connectivity index (χ0) is 20.1. The van der Waals surface area contributed by atoms with Crippen LogP contribution in [0.3, 0.4) is 0 Å². The number of rotatable bonds is 2. The molecule has 0 saturated carbocycles. The van der Waals surface area contributed by atoms with E-state index in [2.05, 4.69) is 0 Å². The first kappa shape index (κ1) is 18.1. The highest BCUT2D eigenvalue weighted by molar-refractivity contribution is 7.97. The van der Waals surface area contributed by atoms with Crippen molar-refractivity contribution in [3.63, 3.8) is 0 Å². The lowest BCUT2D eigenvalue weighted by atomic mass is 9.88. The molecule has 0 fully saturated rings. The molecule has 0 radical (unpaired) electrons. The maximum atomic E-state index is 13.9. The predicted molar refractivity (Wildman–Crippen MR) is 102 cm³/mol. The summed E-state index contributed by atoms with van der Waals surface area (Å²) in [5, 5.41) is 9.65. The molecule has 142 valence electrons. The van der Waals surface area contributed by atoms with Gasteiger partial charge in [-0.15, -0.1) is 0 Å². The molecular weight excluding hydrogens is 381 g/mol. The van der Waals surface area contributed by atoms with Crippen LogP contribution in [0, 0.1) is 17.1 Å². The van der Waals surface area contributed by atoms with Crippen LogP contribution in [-0.4, -0.2) is 15.0 Å². The van der Waals surface area contributed by atoms with Gasteiger partial charge in [-0.1, -0.05) is 24.3 Å². The third kappa shape index (κ3) is 2.47. The molecule has 8 heteroatoms. The van der Waals surface area contributed by atoms with E-state index in [0.717, 1.165) is 0 Å². The summed E-state index contributed by atoms with van der Waals surface area (Å²) < 4.78 is 47.8. The summed E-state index contributed by atoms with van der Waals surface area (Å²) in [5.74, 6) is -1.71. The van der Waals surface area contributed by atoms with Crippen LogP contribution in [0.4, 0.5) is 10.1 Å². The maximum absolute atomic E-state index is 13.9. The number of allylic oxidation sites excluding steroid dienone is 2. The fourth-order valence-electron chi connectivity index (χ4n) is 3.67. The first-order valence-corrected chi connectivity index (χ1v) is 10.0. The van der Waals surface area contributed by atoms with E-state index < -0.39 is 21.8 Å². The summed E-state index contributed by atoms with van der Waals surface area (Å²) in [6, 6.07) is 14.3. The molecule has 28 heavy (non-hydrogen) atoms. The molecule has 2 N–H and O–H groups in total. The minimum absolute atomic E-state index is 0.0663.